The summed E-state index contributed by atoms with van der Waals surface area (Å²) in [6, 6.07) is 0. The van der Waals surface area contributed by atoms with E-state index >= 15 is 0 Å². The van der Waals surface area contributed by atoms with E-state index in [1.165, 1.54) is 6.42 Å². The summed E-state index contributed by atoms with van der Waals surface area (Å²) in [5.74, 6) is 0. The Hall–Kier alpha value is -0.0800. The average molecular weight is 144 g/mol. The normalized spacial score (nSPS) is 12.6. The van der Waals surface area contributed by atoms with Crippen LogP contribution in [0.5, 0.6) is 0 Å². The molecule has 2 nitrogen and oxygen atoms in total. The largest absolute Gasteiger partial charge is 0.316 e. The molecule has 0 aromatic heterocycles. The van der Waals surface area contributed by atoms with Crippen LogP contribution in [0.4, 0.5) is 0 Å². The van der Waals surface area contributed by atoms with Crippen molar-refractivity contribution in [2.75, 3.05) is 0 Å². The highest BCUT2D eigenvalue weighted by Crippen LogP contribution is 2.21. The molecule has 0 unspecified atom stereocenters. The van der Waals surface area contributed by atoms with Crippen LogP contribution in [-0.4, -0.2) is 6.17 Å². The van der Waals surface area contributed by atoms with Gasteiger partial charge in [0, 0.05) is 0 Å². The molecular weight excluding hydrogens is 124 g/mol. The Morgan fingerprint density at radius 3 is 2.00 bits per heavy atom. The zero-order valence-electron chi connectivity index (χ0n) is 7.35. The van der Waals surface area contributed by atoms with Crippen LogP contribution in [-0.2, 0) is 0 Å². The number of hydrogen-bond acceptors (Lipinski definition) is 2. The quantitative estimate of drug-likeness (QED) is 0.589. The van der Waals surface area contributed by atoms with Crippen molar-refractivity contribution < 1.29 is 0 Å². The molecule has 0 amide bonds. The van der Waals surface area contributed by atoms with E-state index in [4.69, 9.17) is 11.5 Å². The third-order valence-electron chi connectivity index (χ3n) is 1.46. The van der Waals surface area contributed by atoms with Crippen LogP contribution in [0.2, 0.25) is 0 Å². The Morgan fingerprint density at radius 2 is 1.70 bits per heavy atom. The summed E-state index contributed by atoms with van der Waals surface area (Å²) in [4.78, 5) is 0. The van der Waals surface area contributed by atoms with Gasteiger partial charge in [-0.15, -0.1) is 0 Å². The summed E-state index contributed by atoms with van der Waals surface area (Å²) in [7, 11) is 0. The van der Waals surface area contributed by atoms with Gasteiger partial charge in [-0.1, -0.05) is 27.2 Å². The molecule has 0 saturated heterocycles. The second kappa shape index (κ2) is 3.94. The molecule has 62 valence electrons. The third-order valence-corrected chi connectivity index (χ3v) is 1.46. The fraction of sp³-hybridized carbons (Fsp3) is 1.00. The van der Waals surface area contributed by atoms with Crippen LogP contribution in [0.25, 0.3) is 0 Å². The Balaban J connectivity index is 3.21. The Kier molecular flexibility index (Phi) is 3.91. The first-order valence-corrected chi connectivity index (χ1v) is 3.93. The molecule has 0 bridgehead atoms. The Labute approximate surface area is 64.0 Å². The van der Waals surface area contributed by atoms with Crippen molar-refractivity contribution in [3.63, 3.8) is 0 Å². The van der Waals surface area contributed by atoms with E-state index in [-0.39, 0.29) is 6.17 Å². The van der Waals surface area contributed by atoms with Crippen molar-refractivity contribution in [3.05, 3.63) is 0 Å². The second-order valence-electron chi connectivity index (χ2n) is 4.12. The first kappa shape index (κ1) is 9.92. The fourth-order valence-corrected chi connectivity index (χ4v) is 0.868. The van der Waals surface area contributed by atoms with Gasteiger partial charge in [-0.3, -0.25) is 0 Å². The molecule has 0 saturated carbocycles. The zero-order chi connectivity index (χ0) is 8.20. The van der Waals surface area contributed by atoms with Gasteiger partial charge >= 0.3 is 0 Å². The Morgan fingerprint density at radius 1 is 1.20 bits per heavy atom. The van der Waals surface area contributed by atoms with E-state index in [2.05, 4.69) is 20.8 Å². The van der Waals surface area contributed by atoms with Crippen molar-refractivity contribution >= 4 is 0 Å². The maximum Gasteiger partial charge on any atom is 0.0520 e. The molecule has 0 spiro atoms. The first-order valence-electron chi connectivity index (χ1n) is 3.93. The third kappa shape index (κ3) is 7.92. The van der Waals surface area contributed by atoms with Gasteiger partial charge in [0.1, 0.15) is 0 Å². The van der Waals surface area contributed by atoms with Crippen molar-refractivity contribution in [1.82, 2.24) is 0 Å². The van der Waals surface area contributed by atoms with Crippen molar-refractivity contribution in [2.24, 2.45) is 16.9 Å². The summed E-state index contributed by atoms with van der Waals surface area (Å²) in [5, 5.41) is 0. The molecule has 2 heteroatoms. The lowest BCUT2D eigenvalue weighted by Gasteiger charge is -2.18. The summed E-state index contributed by atoms with van der Waals surface area (Å²) in [5.41, 5.74) is 11.2. The molecule has 0 aromatic carbocycles. The highest BCUT2D eigenvalue weighted by Gasteiger charge is 2.09. The van der Waals surface area contributed by atoms with Crippen molar-refractivity contribution in [1.29, 1.82) is 0 Å². The van der Waals surface area contributed by atoms with Gasteiger partial charge in [0.05, 0.1) is 6.17 Å². The monoisotopic (exact) mass is 144 g/mol. The van der Waals surface area contributed by atoms with Gasteiger partial charge in [0.25, 0.3) is 0 Å². The van der Waals surface area contributed by atoms with Gasteiger partial charge in [-0.2, -0.15) is 0 Å². The van der Waals surface area contributed by atoms with E-state index in [1.54, 1.807) is 0 Å². The molecule has 0 rings (SSSR count). The molecule has 0 heterocycles. The lowest BCUT2D eigenvalue weighted by Crippen LogP contribution is -2.30. The molecule has 10 heavy (non-hydrogen) atoms. The van der Waals surface area contributed by atoms with Crippen molar-refractivity contribution in [3.8, 4) is 0 Å². The summed E-state index contributed by atoms with van der Waals surface area (Å²) in [6.07, 6.45) is 3.17. The number of rotatable bonds is 3. The fourth-order valence-electron chi connectivity index (χ4n) is 0.868. The first-order chi connectivity index (χ1) is 4.42. The minimum Gasteiger partial charge on any atom is -0.316 e. The number of nitrogens with two attached hydrogens (primary N) is 2. The lowest BCUT2D eigenvalue weighted by atomic mass is 9.90. The van der Waals surface area contributed by atoms with Gasteiger partial charge in [-0.05, 0) is 18.3 Å². The maximum absolute atomic E-state index is 5.40. The minimum atomic E-state index is -0.123. The molecular formula is C8H20N2. The summed E-state index contributed by atoms with van der Waals surface area (Å²) >= 11 is 0. The van der Waals surface area contributed by atoms with Crippen LogP contribution in [0.15, 0.2) is 0 Å². The Bertz CT molecular complexity index is 81.7. The van der Waals surface area contributed by atoms with Gasteiger partial charge in [-0.25, -0.2) is 0 Å². The molecule has 0 aliphatic heterocycles. The predicted molar refractivity (Wildman–Crippen MR) is 45.5 cm³/mol. The average Bonchev–Trinajstić information content (AvgIpc) is 1.59. The molecule has 0 atom stereocenters. The maximum atomic E-state index is 5.40. The molecule has 0 fully saturated rings. The smallest absolute Gasteiger partial charge is 0.0520 e. The van der Waals surface area contributed by atoms with E-state index in [0.29, 0.717) is 5.41 Å². The summed E-state index contributed by atoms with van der Waals surface area (Å²) < 4.78 is 0. The van der Waals surface area contributed by atoms with E-state index < -0.39 is 0 Å². The molecule has 0 aromatic rings. The molecule has 0 aliphatic carbocycles. The SMILES string of the molecule is CC(C)(C)CCCC(N)N. The van der Waals surface area contributed by atoms with Gasteiger partial charge < -0.3 is 11.5 Å². The summed E-state index contributed by atoms with van der Waals surface area (Å²) in [6.45, 7) is 6.69. The van der Waals surface area contributed by atoms with Crippen LogP contribution in [0.1, 0.15) is 40.0 Å². The minimum absolute atomic E-state index is 0.123. The predicted octanol–water partition coefficient (Wildman–Crippen LogP) is 1.45. The van der Waals surface area contributed by atoms with Crippen LogP contribution in [0, 0.1) is 5.41 Å². The topological polar surface area (TPSA) is 52.0 Å². The molecule has 0 radical (unpaired) electrons. The van der Waals surface area contributed by atoms with Crippen LogP contribution in [0.3, 0.4) is 0 Å². The van der Waals surface area contributed by atoms with E-state index in [1.807, 2.05) is 0 Å². The van der Waals surface area contributed by atoms with Gasteiger partial charge in [0.2, 0.25) is 0 Å². The second-order valence-corrected chi connectivity index (χ2v) is 4.12. The van der Waals surface area contributed by atoms with Crippen LogP contribution >= 0.6 is 0 Å². The zero-order valence-corrected chi connectivity index (χ0v) is 7.35. The highest BCUT2D eigenvalue weighted by molar-refractivity contribution is 4.62. The molecule has 4 N–H and O–H groups in total. The highest BCUT2D eigenvalue weighted by atomic mass is 14.8. The van der Waals surface area contributed by atoms with Gasteiger partial charge in [0.15, 0.2) is 0 Å². The van der Waals surface area contributed by atoms with E-state index in [0.717, 1.165) is 12.8 Å². The van der Waals surface area contributed by atoms with Crippen molar-refractivity contribution in [2.45, 2.75) is 46.2 Å². The molecule has 0 aliphatic rings. The number of hydrogen-bond donors (Lipinski definition) is 2. The standard InChI is InChI=1S/C8H20N2/c1-8(2,3)6-4-5-7(9)10/h7H,4-6,9-10H2,1-3H3. The lowest BCUT2D eigenvalue weighted by molar-refractivity contribution is 0.353. The van der Waals surface area contributed by atoms with E-state index in [9.17, 15) is 0 Å². The van der Waals surface area contributed by atoms with Crippen LogP contribution < -0.4 is 11.5 Å².